The van der Waals surface area contributed by atoms with Gasteiger partial charge in [-0.05, 0) is 13.0 Å². The second-order valence-electron chi connectivity index (χ2n) is 3.64. The van der Waals surface area contributed by atoms with Crippen molar-refractivity contribution in [2.24, 2.45) is 5.73 Å². The van der Waals surface area contributed by atoms with Gasteiger partial charge >= 0.3 is 6.09 Å². The molecule has 10 nitrogen and oxygen atoms in total. The summed E-state index contributed by atoms with van der Waals surface area (Å²) in [7, 11) is 0. The van der Waals surface area contributed by atoms with Gasteiger partial charge in [0.1, 0.15) is 6.61 Å². The number of hydrogen-bond acceptors (Lipinski definition) is 5. The Labute approximate surface area is 103 Å². The quantitative estimate of drug-likeness (QED) is 0.193. The highest BCUT2D eigenvalue weighted by Gasteiger charge is 2.48. The monoisotopic (exact) mass is 258 g/mol. The minimum atomic E-state index is -1.51. The molecule has 0 aromatic carbocycles. The second kappa shape index (κ2) is 4.77. The first-order valence-corrected chi connectivity index (χ1v) is 4.96. The smallest absolute Gasteiger partial charge is 0.412 e. The van der Waals surface area contributed by atoms with Crippen LogP contribution in [0.3, 0.4) is 0 Å². The van der Waals surface area contributed by atoms with Crippen LogP contribution in [0.15, 0.2) is 12.7 Å². The van der Waals surface area contributed by atoms with E-state index in [1.807, 2.05) is 5.43 Å². The summed E-state index contributed by atoms with van der Waals surface area (Å²) in [4.78, 5) is 23.6. The summed E-state index contributed by atoms with van der Waals surface area (Å²) in [6.45, 7) is 5.16. The number of rotatable bonds is 5. The number of carbonyl (C=O) groups excluding carboxylic acids is 1. The van der Waals surface area contributed by atoms with Crippen LogP contribution in [-0.4, -0.2) is 45.9 Å². The lowest BCUT2D eigenvalue weighted by atomic mass is 10.1. The lowest BCUT2D eigenvalue weighted by Crippen LogP contribution is -2.66. The summed E-state index contributed by atoms with van der Waals surface area (Å²) >= 11 is 0. The van der Waals surface area contributed by atoms with Gasteiger partial charge in [-0.25, -0.2) is 20.3 Å². The standard InChI is InChI=1S/C8H14N6O4/c1-3-8(2,12-4-5-18-7(12)15)13(14(16)17)11-6(9)10/h3H,1,4-5H2,2H3,(H4,9,10,11). The average Bonchev–Trinajstić information content (AvgIpc) is 2.71. The third-order valence-corrected chi connectivity index (χ3v) is 2.51. The Kier molecular flexibility index (Phi) is 3.59. The largest absolute Gasteiger partial charge is 0.447 e. The molecule has 4 N–H and O–H groups in total. The zero-order valence-electron chi connectivity index (χ0n) is 9.75. The molecule has 1 rings (SSSR count). The van der Waals surface area contributed by atoms with Gasteiger partial charge in [-0.1, -0.05) is 6.58 Å². The molecular formula is C8H14N6O4. The maximum Gasteiger partial charge on any atom is 0.412 e. The minimum Gasteiger partial charge on any atom is -0.447 e. The molecule has 0 aromatic rings. The number of nitrogens with one attached hydrogen (secondary N) is 2. The van der Waals surface area contributed by atoms with E-state index in [4.69, 9.17) is 15.9 Å². The summed E-state index contributed by atoms with van der Waals surface area (Å²) in [5.41, 5.74) is 5.60. The molecule has 18 heavy (non-hydrogen) atoms. The Bertz CT molecular complexity index is 399. The molecular weight excluding hydrogens is 244 g/mol. The van der Waals surface area contributed by atoms with Crippen LogP contribution in [0.2, 0.25) is 0 Å². The van der Waals surface area contributed by atoms with Crippen LogP contribution in [0.4, 0.5) is 4.79 Å². The van der Waals surface area contributed by atoms with E-state index in [9.17, 15) is 14.9 Å². The molecule has 1 saturated heterocycles. The van der Waals surface area contributed by atoms with Gasteiger partial charge in [-0.15, -0.1) is 0 Å². The summed E-state index contributed by atoms with van der Waals surface area (Å²) in [5, 5.41) is 17.6. The first kappa shape index (κ1) is 13.5. The highest BCUT2D eigenvalue weighted by atomic mass is 16.7. The van der Waals surface area contributed by atoms with Crippen molar-refractivity contribution in [3.05, 3.63) is 22.8 Å². The molecule has 0 aromatic heterocycles. The maximum atomic E-state index is 11.5. The van der Waals surface area contributed by atoms with E-state index in [2.05, 4.69) is 6.58 Å². The predicted molar refractivity (Wildman–Crippen MR) is 60.5 cm³/mol. The Morgan fingerprint density at radius 3 is 2.83 bits per heavy atom. The molecule has 1 aliphatic heterocycles. The number of hydrazine groups is 2. The van der Waals surface area contributed by atoms with E-state index < -0.39 is 22.7 Å². The van der Waals surface area contributed by atoms with Gasteiger partial charge in [-0.3, -0.25) is 10.3 Å². The summed E-state index contributed by atoms with van der Waals surface area (Å²) < 4.78 is 4.73. The zero-order valence-corrected chi connectivity index (χ0v) is 9.75. The predicted octanol–water partition coefficient (Wildman–Crippen LogP) is -0.767. The molecule has 1 unspecified atom stereocenters. The topological polar surface area (TPSA) is 138 Å². The number of nitrogens with zero attached hydrogens (tertiary/aromatic N) is 3. The second-order valence-corrected chi connectivity index (χ2v) is 3.64. The Balaban J connectivity index is 3.09. The lowest BCUT2D eigenvalue weighted by molar-refractivity contribution is -0.687. The molecule has 100 valence electrons. The van der Waals surface area contributed by atoms with E-state index in [0.29, 0.717) is 5.12 Å². The van der Waals surface area contributed by atoms with Crippen LogP contribution in [0.5, 0.6) is 0 Å². The maximum absolute atomic E-state index is 11.5. The van der Waals surface area contributed by atoms with E-state index in [-0.39, 0.29) is 13.2 Å². The van der Waals surface area contributed by atoms with Gasteiger partial charge in [0.05, 0.1) is 6.54 Å². The number of amides is 1. The molecule has 0 saturated carbocycles. The fraction of sp³-hybridized carbons (Fsp3) is 0.500. The van der Waals surface area contributed by atoms with Gasteiger partial charge in [0.2, 0.25) is 11.6 Å². The molecule has 1 fully saturated rings. The first-order valence-electron chi connectivity index (χ1n) is 4.96. The van der Waals surface area contributed by atoms with E-state index in [0.717, 1.165) is 4.90 Å². The van der Waals surface area contributed by atoms with Crippen LogP contribution < -0.4 is 11.2 Å². The van der Waals surface area contributed by atoms with Crippen molar-refractivity contribution in [3.63, 3.8) is 0 Å². The van der Waals surface area contributed by atoms with Crippen molar-refractivity contribution in [2.45, 2.75) is 12.6 Å². The third kappa shape index (κ3) is 2.26. The van der Waals surface area contributed by atoms with Gasteiger partial charge in [-0.2, -0.15) is 0 Å². The summed E-state index contributed by atoms with van der Waals surface area (Å²) in [6, 6.07) is 0. The lowest BCUT2D eigenvalue weighted by Gasteiger charge is -2.36. The summed E-state index contributed by atoms with van der Waals surface area (Å²) in [6.07, 6.45) is 0.493. The highest BCUT2D eigenvalue weighted by molar-refractivity contribution is 5.74. The molecule has 0 bridgehead atoms. The fourth-order valence-corrected chi connectivity index (χ4v) is 1.55. The minimum absolute atomic E-state index is 0.133. The van der Waals surface area contributed by atoms with Gasteiger partial charge in [0.25, 0.3) is 0 Å². The molecule has 0 aliphatic carbocycles. The molecule has 0 spiro atoms. The normalized spacial score (nSPS) is 17.6. The van der Waals surface area contributed by atoms with Crippen LogP contribution in [0.25, 0.3) is 0 Å². The van der Waals surface area contributed by atoms with Gasteiger partial charge < -0.3 is 10.5 Å². The van der Waals surface area contributed by atoms with Crippen LogP contribution in [0, 0.1) is 15.5 Å². The number of guanidine groups is 1. The number of ether oxygens (including phenoxy) is 1. The number of carbonyl (C=O) groups is 1. The van der Waals surface area contributed by atoms with E-state index in [1.54, 1.807) is 0 Å². The fourth-order valence-electron chi connectivity index (χ4n) is 1.55. The Morgan fingerprint density at radius 1 is 1.89 bits per heavy atom. The Morgan fingerprint density at radius 2 is 2.50 bits per heavy atom. The molecule has 10 heteroatoms. The van der Waals surface area contributed by atoms with Crippen molar-refractivity contribution in [1.29, 1.82) is 5.41 Å². The molecule has 0 radical (unpaired) electrons. The van der Waals surface area contributed by atoms with E-state index in [1.165, 1.54) is 13.0 Å². The SMILES string of the molecule is C=CC(C)(N1CCOC1=O)N(NC(=N)N)[N+](=O)[O-]. The number of nitro groups is 1. The van der Waals surface area contributed by atoms with Crippen LogP contribution in [0.1, 0.15) is 6.92 Å². The van der Waals surface area contributed by atoms with Crippen LogP contribution in [-0.2, 0) is 4.74 Å². The van der Waals surface area contributed by atoms with Gasteiger partial charge in [0, 0.05) is 5.12 Å². The van der Waals surface area contributed by atoms with Crippen molar-refractivity contribution >= 4 is 12.1 Å². The van der Waals surface area contributed by atoms with Gasteiger partial charge in [0.15, 0.2) is 5.03 Å². The average molecular weight is 258 g/mol. The number of hydrogen-bond donors (Lipinski definition) is 3. The Hall–Kier alpha value is -2.52. The van der Waals surface area contributed by atoms with E-state index >= 15 is 0 Å². The summed E-state index contributed by atoms with van der Waals surface area (Å²) in [5.74, 6) is -0.632. The first-order chi connectivity index (χ1) is 8.32. The zero-order chi connectivity index (χ0) is 13.9. The molecule has 1 heterocycles. The van der Waals surface area contributed by atoms with Crippen molar-refractivity contribution in [1.82, 2.24) is 15.4 Å². The van der Waals surface area contributed by atoms with Crippen LogP contribution >= 0.6 is 0 Å². The number of nitrogens with two attached hydrogens (primary N) is 1. The van der Waals surface area contributed by atoms with Crippen molar-refractivity contribution < 1.29 is 14.6 Å². The molecule has 1 atom stereocenters. The third-order valence-electron chi connectivity index (χ3n) is 2.51. The number of cyclic esters (lactones) is 1. The highest BCUT2D eigenvalue weighted by Crippen LogP contribution is 2.24. The van der Waals surface area contributed by atoms with Crippen molar-refractivity contribution in [3.8, 4) is 0 Å². The van der Waals surface area contributed by atoms with Crippen molar-refractivity contribution in [2.75, 3.05) is 13.2 Å². The molecule has 1 aliphatic rings. The molecule has 1 amide bonds.